The molecule has 0 aliphatic carbocycles. The van der Waals surface area contributed by atoms with E-state index in [1.54, 1.807) is 0 Å². The Kier molecular flexibility index (Phi) is 3.48. The summed E-state index contributed by atoms with van der Waals surface area (Å²) in [5.74, 6) is 4.21. The molecule has 1 fully saturated rings. The molecule has 1 aliphatic rings. The standard InChI is InChI=1S/C11H14F2N2O/c12-7-3-4-8(9(13)6-7)11(15-14)10-2-1-5-16-10/h3-4,6,10-11,15H,1-2,5,14H2. The lowest BCUT2D eigenvalue weighted by atomic mass is 9.99. The lowest BCUT2D eigenvalue weighted by Crippen LogP contribution is -2.36. The second kappa shape index (κ2) is 4.86. The Morgan fingerprint density at radius 1 is 1.44 bits per heavy atom. The van der Waals surface area contributed by atoms with E-state index in [9.17, 15) is 8.78 Å². The van der Waals surface area contributed by atoms with E-state index in [-0.39, 0.29) is 6.10 Å². The SMILES string of the molecule is NNC(c1ccc(F)cc1F)C1CCCO1. The van der Waals surface area contributed by atoms with Gasteiger partial charge in [-0.3, -0.25) is 11.3 Å². The number of benzene rings is 1. The normalized spacial score (nSPS) is 22.3. The highest BCUT2D eigenvalue weighted by atomic mass is 19.1. The van der Waals surface area contributed by atoms with Crippen LogP contribution in [0.25, 0.3) is 0 Å². The molecule has 1 saturated heterocycles. The minimum Gasteiger partial charge on any atom is -0.376 e. The Bertz CT molecular complexity index is 367. The molecule has 1 aromatic rings. The zero-order valence-electron chi connectivity index (χ0n) is 8.75. The molecule has 2 unspecified atom stereocenters. The number of nitrogens with two attached hydrogens (primary N) is 1. The summed E-state index contributed by atoms with van der Waals surface area (Å²) in [5, 5.41) is 0. The van der Waals surface area contributed by atoms with Crippen molar-refractivity contribution in [1.29, 1.82) is 0 Å². The van der Waals surface area contributed by atoms with Gasteiger partial charge in [-0.15, -0.1) is 0 Å². The van der Waals surface area contributed by atoms with Crippen LogP contribution in [0.15, 0.2) is 18.2 Å². The summed E-state index contributed by atoms with van der Waals surface area (Å²) in [4.78, 5) is 0. The number of hydrazine groups is 1. The Hall–Kier alpha value is -1.04. The van der Waals surface area contributed by atoms with Crippen molar-refractivity contribution < 1.29 is 13.5 Å². The first-order valence-corrected chi connectivity index (χ1v) is 5.25. The first kappa shape index (κ1) is 11.4. The van der Waals surface area contributed by atoms with Gasteiger partial charge in [0.15, 0.2) is 0 Å². The highest BCUT2D eigenvalue weighted by Gasteiger charge is 2.28. The monoisotopic (exact) mass is 228 g/mol. The minimum atomic E-state index is -0.599. The summed E-state index contributed by atoms with van der Waals surface area (Å²) < 4.78 is 31.8. The molecule has 0 spiro atoms. The molecule has 3 nitrogen and oxygen atoms in total. The fourth-order valence-corrected chi connectivity index (χ4v) is 2.02. The summed E-state index contributed by atoms with van der Waals surface area (Å²) >= 11 is 0. The van der Waals surface area contributed by atoms with Gasteiger partial charge in [0.1, 0.15) is 11.6 Å². The Balaban J connectivity index is 2.25. The van der Waals surface area contributed by atoms with Crippen molar-refractivity contribution in [3.8, 4) is 0 Å². The van der Waals surface area contributed by atoms with Crippen molar-refractivity contribution in [2.45, 2.75) is 25.0 Å². The van der Waals surface area contributed by atoms with Gasteiger partial charge < -0.3 is 4.74 Å². The fraction of sp³-hybridized carbons (Fsp3) is 0.455. The van der Waals surface area contributed by atoms with E-state index >= 15 is 0 Å². The molecule has 0 radical (unpaired) electrons. The first-order valence-electron chi connectivity index (χ1n) is 5.25. The van der Waals surface area contributed by atoms with E-state index in [1.807, 2.05) is 0 Å². The van der Waals surface area contributed by atoms with E-state index < -0.39 is 17.7 Å². The van der Waals surface area contributed by atoms with Crippen molar-refractivity contribution in [2.75, 3.05) is 6.61 Å². The van der Waals surface area contributed by atoms with Gasteiger partial charge in [-0.1, -0.05) is 6.07 Å². The van der Waals surface area contributed by atoms with Crippen LogP contribution in [0.3, 0.4) is 0 Å². The molecule has 0 aromatic heterocycles. The van der Waals surface area contributed by atoms with Crippen LogP contribution in [-0.4, -0.2) is 12.7 Å². The Morgan fingerprint density at radius 3 is 2.81 bits per heavy atom. The summed E-state index contributed by atoms with van der Waals surface area (Å²) in [7, 11) is 0. The van der Waals surface area contributed by atoms with Crippen LogP contribution < -0.4 is 11.3 Å². The van der Waals surface area contributed by atoms with Crippen LogP contribution in [0.1, 0.15) is 24.4 Å². The van der Waals surface area contributed by atoms with Gasteiger partial charge in [0.25, 0.3) is 0 Å². The van der Waals surface area contributed by atoms with Gasteiger partial charge in [-0.25, -0.2) is 8.78 Å². The highest BCUT2D eigenvalue weighted by molar-refractivity contribution is 5.23. The maximum absolute atomic E-state index is 13.5. The highest BCUT2D eigenvalue weighted by Crippen LogP contribution is 2.28. The van der Waals surface area contributed by atoms with Crippen molar-refractivity contribution in [2.24, 2.45) is 5.84 Å². The number of hydrogen-bond donors (Lipinski definition) is 2. The maximum atomic E-state index is 13.5. The largest absolute Gasteiger partial charge is 0.376 e. The van der Waals surface area contributed by atoms with Crippen molar-refractivity contribution in [3.63, 3.8) is 0 Å². The molecule has 1 aromatic carbocycles. The maximum Gasteiger partial charge on any atom is 0.131 e. The average Bonchev–Trinajstić information content (AvgIpc) is 2.75. The number of rotatable bonds is 3. The molecule has 3 N–H and O–H groups in total. The van der Waals surface area contributed by atoms with E-state index in [1.165, 1.54) is 12.1 Å². The molecule has 0 bridgehead atoms. The van der Waals surface area contributed by atoms with Crippen LogP contribution >= 0.6 is 0 Å². The molecule has 2 atom stereocenters. The fourth-order valence-electron chi connectivity index (χ4n) is 2.02. The van der Waals surface area contributed by atoms with Gasteiger partial charge in [0, 0.05) is 18.2 Å². The molecule has 1 aliphatic heterocycles. The number of ether oxygens (including phenoxy) is 1. The minimum absolute atomic E-state index is 0.148. The van der Waals surface area contributed by atoms with Crippen molar-refractivity contribution >= 4 is 0 Å². The summed E-state index contributed by atoms with van der Waals surface area (Å²) in [6.07, 6.45) is 1.61. The molecule has 2 rings (SSSR count). The lowest BCUT2D eigenvalue weighted by Gasteiger charge is -2.22. The van der Waals surface area contributed by atoms with Crippen molar-refractivity contribution in [3.05, 3.63) is 35.4 Å². The van der Waals surface area contributed by atoms with Crippen LogP contribution in [-0.2, 0) is 4.74 Å². The molecule has 0 saturated carbocycles. The predicted octanol–water partition coefficient (Wildman–Crippen LogP) is 1.65. The van der Waals surface area contributed by atoms with Crippen molar-refractivity contribution in [1.82, 2.24) is 5.43 Å². The van der Waals surface area contributed by atoms with Gasteiger partial charge in [-0.2, -0.15) is 0 Å². The summed E-state index contributed by atoms with van der Waals surface area (Å²) in [6, 6.07) is 3.05. The predicted molar refractivity (Wildman–Crippen MR) is 55.4 cm³/mol. The lowest BCUT2D eigenvalue weighted by molar-refractivity contribution is 0.0771. The second-order valence-electron chi connectivity index (χ2n) is 3.86. The Morgan fingerprint density at radius 2 is 2.25 bits per heavy atom. The molecule has 5 heteroatoms. The van der Waals surface area contributed by atoms with E-state index in [4.69, 9.17) is 10.6 Å². The summed E-state index contributed by atoms with van der Waals surface area (Å²) in [6.45, 7) is 0.658. The van der Waals surface area contributed by atoms with E-state index in [2.05, 4.69) is 5.43 Å². The Labute approximate surface area is 92.6 Å². The van der Waals surface area contributed by atoms with Crippen LogP contribution in [0.2, 0.25) is 0 Å². The van der Waals surface area contributed by atoms with Crippen LogP contribution in [0, 0.1) is 11.6 Å². The van der Waals surface area contributed by atoms with E-state index in [0.29, 0.717) is 12.2 Å². The van der Waals surface area contributed by atoms with E-state index in [0.717, 1.165) is 18.9 Å². The van der Waals surface area contributed by atoms with Crippen LogP contribution in [0.5, 0.6) is 0 Å². The molecule has 16 heavy (non-hydrogen) atoms. The third-order valence-electron chi connectivity index (χ3n) is 2.81. The number of nitrogens with one attached hydrogen (secondary N) is 1. The molecular formula is C11H14F2N2O. The van der Waals surface area contributed by atoms with Gasteiger partial charge >= 0.3 is 0 Å². The molecule has 0 amide bonds. The quantitative estimate of drug-likeness (QED) is 0.611. The van der Waals surface area contributed by atoms with Gasteiger partial charge in [-0.05, 0) is 18.9 Å². The molecule has 88 valence electrons. The average molecular weight is 228 g/mol. The zero-order valence-corrected chi connectivity index (χ0v) is 8.75. The second-order valence-corrected chi connectivity index (χ2v) is 3.86. The summed E-state index contributed by atoms with van der Waals surface area (Å²) in [5.41, 5.74) is 2.88. The first-order chi connectivity index (χ1) is 7.72. The topological polar surface area (TPSA) is 47.3 Å². The third kappa shape index (κ3) is 2.21. The number of hydrogen-bond acceptors (Lipinski definition) is 3. The number of halogens is 2. The smallest absolute Gasteiger partial charge is 0.131 e. The molecular weight excluding hydrogens is 214 g/mol. The van der Waals surface area contributed by atoms with Gasteiger partial charge in [0.05, 0.1) is 12.1 Å². The van der Waals surface area contributed by atoms with Crippen LogP contribution in [0.4, 0.5) is 8.78 Å². The molecule has 1 heterocycles. The van der Waals surface area contributed by atoms with Gasteiger partial charge in [0.2, 0.25) is 0 Å². The zero-order chi connectivity index (χ0) is 11.5. The third-order valence-corrected chi connectivity index (χ3v) is 2.81.